The second-order valence-corrected chi connectivity index (χ2v) is 6.40. The molecule has 126 valence electrons. The fourth-order valence-corrected chi connectivity index (χ4v) is 3.39. The summed E-state index contributed by atoms with van der Waals surface area (Å²) in [5.41, 5.74) is 3.21. The number of aromatic nitrogens is 1. The lowest BCUT2D eigenvalue weighted by atomic mass is 10.2. The van der Waals surface area contributed by atoms with Crippen LogP contribution in [0.4, 0.5) is 0 Å². The highest BCUT2D eigenvalue weighted by atomic mass is 32.1. The van der Waals surface area contributed by atoms with Crippen molar-refractivity contribution in [1.29, 1.82) is 5.26 Å². The zero-order chi connectivity index (χ0) is 17.9. The first-order chi connectivity index (χ1) is 12.8. The number of furan rings is 1. The smallest absolute Gasteiger partial charge is 0.206 e. The lowest BCUT2D eigenvalue weighted by Crippen LogP contribution is -2.11. The molecule has 0 N–H and O–H groups in total. The summed E-state index contributed by atoms with van der Waals surface area (Å²) < 4.78 is 7.73. The van der Waals surface area contributed by atoms with Crippen molar-refractivity contribution in [3.8, 4) is 17.5 Å². The van der Waals surface area contributed by atoms with Crippen LogP contribution in [0.15, 0.2) is 74.5 Å². The van der Waals surface area contributed by atoms with Crippen molar-refractivity contribution < 1.29 is 4.42 Å². The second kappa shape index (κ2) is 6.82. The number of thiazole rings is 1. The van der Waals surface area contributed by atoms with Crippen molar-refractivity contribution in [3.63, 3.8) is 0 Å². The number of hydrogen-bond donors (Lipinski definition) is 0. The highest BCUT2D eigenvalue weighted by molar-refractivity contribution is 7.07. The van der Waals surface area contributed by atoms with Gasteiger partial charge in [0.25, 0.3) is 0 Å². The quantitative estimate of drug-likeness (QED) is 0.514. The number of fused-ring (bicyclic) bond motifs is 1. The molecule has 2 aromatic heterocycles. The van der Waals surface area contributed by atoms with Crippen LogP contribution < -0.4 is 4.80 Å². The van der Waals surface area contributed by atoms with Gasteiger partial charge in [-0.1, -0.05) is 30.3 Å². The lowest BCUT2D eigenvalue weighted by Gasteiger charge is -2.00. The third-order valence-corrected chi connectivity index (χ3v) is 4.82. The summed E-state index contributed by atoms with van der Waals surface area (Å²) in [6, 6.07) is 19.3. The zero-order valence-corrected chi connectivity index (χ0v) is 14.8. The molecule has 0 bridgehead atoms. The Bertz CT molecular complexity index is 1170. The molecule has 0 saturated carbocycles. The minimum Gasteiger partial charge on any atom is -0.454 e. The van der Waals surface area contributed by atoms with Gasteiger partial charge in [-0.05, 0) is 29.8 Å². The van der Waals surface area contributed by atoms with E-state index in [1.165, 1.54) is 11.3 Å². The molecular weight excluding hydrogens is 344 g/mol. The first-order valence-electron chi connectivity index (χ1n) is 7.95. The van der Waals surface area contributed by atoms with Gasteiger partial charge in [-0.25, -0.2) is 4.68 Å². The molecule has 2 heterocycles. The van der Waals surface area contributed by atoms with Crippen LogP contribution in [0.3, 0.4) is 0 Å². The molecule has 0 aliphatic rings. The SMILES string of the molecule is CN=c1scc(-c2cc3ccccc3o2)n1/N=C/c1ccc(C#N)cc1. The monoisotopic (exact) mass is 358 g/mol. The van der Waals surface area contributed by atoms with E-state index in [9.17, 15) is 0 Å². The molecule has 0 aliphatic carbocycles. The zero-order valence-electron chi connectivity index (χ0n) is 14.0. The molecule has 0 aliphatic heterocycles. The second-order valence-electron chi connectivity index (χ2n) is 5.57. The molecular formula is C20H14N4OS. The molecule has 0 radical (unpaired) electrons. The molecule has 0 fully saturated rings. The number of para-hydroxylation sites is 1. The average molecular weight is 358 g/mol. The Morgan fingerprint density at radius 3 is 2.69 bits per heavy atom. The minimum atomic E-state index is 0.623. The normalized spacial score (nSPS) is 12.1. The molecule has 4 rings (SSSR count). The molecule has 5 nitrogen and oxygen atoms in total. The van der Waals surface area contributed by atoms with Gasteiger partial charge < -0.3 is 4.42 Å². The van der Waals surface area contributed by atoms with Gasteiger partial charge in [0.1, 0.15) is 11.3 Å². The van der Waals surface area contributed by atoms with Crippen LogP contribution in [-0.2, 0) is 0 Å². The molecule has 4 aromatic rings. The Labute approximate surface area is 153 Å². The highest BCUT2D eigenvalue weighted by Crippen LogP contribution is 2.28. The van der Waals surface area contributed by atoms with Crippen LogP contribution in [-0.4, -0.2) is 17.9 Å². The fourth-order valence-electron chi connectivity index (χ4n) is 2.61. The summed E-state index contributed by atoms with van der Waals surface area (Å²) in [6.07, 6.45) is 1.74. The van der Waals surface area contributed by atoms with Gasteiger partial charge in [0, 0.05) is 17.8 Å². The Hall–Kier alpha value is -3.43. The molecule has 0 unspecified atom stereocenters. The van der Waals surface area contributed by atoms with Crippen molar-refractivity contribution in [2.75, 3.05) is 7.05 Å². The molecule has 26 heavy (non-hydrogen) atoms. The van der Waals surface area contributed by atoms with Crippen LogP contribution >= 0.6 is 11.3 Å². The first kappa shape index (κ1) is 16.1. The Balaban J connectivity index is 1.77. The van der Waals surface area contributed by atoms with Gasteiger partial charge in [0.2, 0.25) is 4.80 Å². The van der Waals surface area contributed by atoms with E-state index >= 15 is 0 Å². The van der Waals surface area contributed by atoms with Crippen molar-refractivity contribution >= 4 is 28.5 Å². The van der Waals surface area contributed by atoms with Gasteiger partial charge in [-0.15, -0.1) is 11.3 Å². The number of rotatable bonds is 3. The van der Waals surface area contributed by atoms with E-state index in [0.29, 0.717) is 5.56 Å². The third kappa shape index (κ3) is 2.96. The Kier molecular flexibility index (Phi) is 4.22. The number of nitrogens with zero attached hydrogens (tertiary/aromatic N) is 4. The first-order valence-corrected chi connectivity index (χ1v) is 8.83. The van der Waals surface area contributed by atoms with Crippen molar-refractivity contribution in [2.24, 2.45) is 10.1 Å². The van der Waals surface area contributed by atoms with Gasteiger partial charge in [-0.3, -0.25) is 4.99 Å². The summed E-state index contributed by atoms with van der Waals surface area (Å²) in [5, 5.41) is 16.5. The largest absolute Gasteiger partial charge is 0.454 e. The molecule has 0 saturated heterocycles. The average Bonchev–Trinajstić information content (AvgIpc) is 3.29. The fraction of sp³-hybridized carbons (Fsp3) is 0.0500. The standard InChI is InChI=1S/C20H14N4OS/c1-22-20-24(23-12-15-8-6-14(11-21)7-9-15)17(13-26-20)19-10-16-4-2-3-5-18(16)25-19/h2-10,12-13H,1H3/b22-20?,23-12+. The molecule has 6 heteroatoms. The number of nitriles is 1. The third-order valence-electron chi connectivity index (χ3n) is 3.92. The predicted molar refractivity (Wildman–Crippen MR) is 103 cm³/mol. The van der Waals surface area contributed by atoms with Gasteiger partial charge in [-0.2, -0.15) is 10.4 Å². The maximum atomic E-state index is 8.89. The minimum absolute atomic E-state index is 0.623. The maximum absolute atomic E-state index is 8.89. The summed E-state index contributed by atoms with van der Waals surface area (Å²) in [4.78, 5) is 5.06. The predicted octanol–water partition coefficient (Wildman–Crippen LogP) is 4.25. The van der Waals surface area contributed by atoms with Crippen molar-refractivity contribution in [3.05, 3.63) is 75.9 Å². The van der Waals surface area contributed by atoms with Crippen LogP contribution in [0.25, 0.3) is 22.4 Å². The van der Waals surface area contributed by atoms with Crippen LogP contribution in [0.1, 0.15) is 11.1 Å². The van der Waals surface area contributed by atoms with E-state index in [2.05, 4.69) is 16.2 Å². The Morgan fingerprint density at radius 2 is 1.96 bits per heavy atom. The van der Waals surface area contributed by atoms with E-state index in [1.807, 2.05) is 47.8 Å². The van der Waals surface area contributed by atoms with E-state index in [-0.39, 0.29) is 0 Å². The van der Waals surface area contributed by atoms with Gasteiger partial charge in [0.15, 0.2) is 5.76 Å². The van der Waals surface area contributed by atoms with E-state index in [0.717, 1.165) is 32.8 Å². The van der Waals surface area contributed by atoms with E-state index < -0.39 is 0 Å². The summed E-state index contributed by atoms with van der Waals surface area (Å²) in [7, 11) is 1.74. The number of benzene rings is 2. The Morgan fingerprint density at radius 1 is 1.15 bits per heavy atom. The van der Waals surface area contributed by atoms with Crippen LogP contribution in [0.5, 0.6) is 0 Å². The molecule has 0 atom stereocenters. The number of hydrogen-bond acceptors (Lipinski definition) is 5. The summed E-state index contributed by atoms with van der Waals surface area (Å²) in [6.45, 7) is 0. The molecule has 0 spiro atoms. The van der Waals surface area contributed by atoms with Crippen LogP contribution in [0, 0.1) is 11.3 Å². The van der Waals surface area contributed by atoms with E-state index in [1.54, 1.807) is 30.1 Å². The van der Waals surface area contributed by atoms with Crippen molar-refractivity contribution in [2.45, 2.75) is 0 Å². The highest BCUT2D eigenvalue weighted by Gasteiger charge is 2.12. The van der Waals surface area contributed by atoms with Crippen molar-refractivity contribution in [1.82, 2.24) is 4.68 Å². The summed E-state index contributed by atoms with van der Waals surface area (Å²) in [5.74, 6) is 0.745. The topological polar surface area (TPSA) is 66.6 Å². The maximum Gasteiger partial charge on any atom is 0.206 e. The lowest BCUT2D eigenvalue weighted by molar-refractivity contribution is 0.622. The van der Waals surface area contributed by atoms with Crippen LogP contribution in [0.2, 0.25) is 0 Å². The molecule has 0 amide bonds. The van der Waals surface area contributed by atoms with Gasteiger partial charge in [0.05, 0.1) is 17.8 Å². The van der Waals surface area contributed by atoms with E-state index in [4.69, 9.17) is 9.68 Å². The molecule has 2 aromatic carbocycles. The van der Waals surface area contributed by atoms with Gasteiger partial charge >= 0.3 is 0 Å². The summed E-state index contributed by atoms with van der Waals surface area (Å²) >= 11 is 1.50.